The van der Waals surface area contributed by atoms with Crippen molar-refractivity contribution in [2.75, 3.05) is 0 Å². The lowest BCUT2D eigenvalue weighted by molar-refractivity contribution is -0.387. The van der Waals surface area contributed by atoms with Crippen molar-refractivity contribution in [2.24, 2.45) is 0 Å². The van der Waals surface area contributed by atoms with Gasteiger partial charge in [-0.2, -0.15) is 0 Å². The van der Waals surface area contributed by atoms with Crippen molar-refractivity contribution in [1.82, 2.24) is 4.98 Å². The minimum Gasteiger partial charge on any atom is -0.440 e. The number of hydrogen-bond donors (Lipinski definition) is 1. The summed E-state index contributed by atoms with van der Waals surface area (Å²) >= 11 is 1.07. The van der Waals surface area contributed by atoms with Crippen LogP contribution in [0.15, 0.2) is 45.2 Å². The summed E-state index contributed by atoms with van der Waals surface area (Å²) < 4.78 is 5.03. The smallest absolute Gasteiger partial charge is 0.283 e. The first-order chi connectivity index (χ1) is 8.58. The van der Waals surface area contributed by atoms with Crippen molar-refractivity contribution >= 4 is 17.4 Å². The van der Waals surface area contributed by atoms with E-state index in [4.69, 9.17) is 4.42 Å². The van der Waals surface area contributed by atoms with Crippen molar-refractivity contribution in [3.8, 4) is 0 Å². The lowest BCUT2D eigenvalue weighted by Gasteiger charge is -2.06. The van der Waals surface area contributed by atoms with Crippen LogP contribution in [0.5, 0.6) is 0 Å². The fraction of sp³-hybridized carbons (Fsp3) is 0.182. The van der Waals surface area contributed by atoms with Gasteiger partial charge in [-0.1, -0.05) is 6.07 Å². The highest BCUT2D eigenvalue weighted by Gasteiger charge is 2.18. The fourth-order valence-corrected chi connectivity index (χ4v) is 2.16. The highest BCUT2D eigenvalue weighted by molar-refractivity contribution is 7.99. The van der Waals surface area contributed by atoms with E-state index in [1.54, 1.807) is 19.1 Å². The third-order valence-corrected chi connectivity index (χ3v) is 3.21. The van der Waals surface area contributed by atoms with Crippen molar-refractivity contribution in [3.05, 3.63) is 46.3 Å². The molecule has 0 fully saturated rings. The normalized spacial score (nSPS) is 12.3. The van der Waals surface area contributed by atoms with Gasteiger partial charge in [-0.25, -0.2) is 4.98 Å². The van der Waals surface area contributed by atoms with E-state index in [9.17, 15) is 15.2 Å². The molecule has 0 saturated carbocycles. The van der Waals surface area contributed by atoms with Gasteiger partial charge in [0, 0.05) is 6.07 Å². The van der Waals surface area contributed by atoms with Crippen molar-refractivity contribution < 1.29 is 14.4 Å². The highest BCUT2D eigenvalue weighted by Crippen LogP contribution is 2.35. The summed E-state index contributed by atoms with van der Waals surface area (Å²) in [5, 5.41) is 20.7. The van der Waals surface area contributed by atoms with E-state index in [2.05, 4.69) is 4.98 Å². The van der Waals surface area contributed by atoms with E-state index in [1.165, 1.54) is 18.5 Å². The Balaban J connectivity index is 2.37. The summed E-state index contributed by atoms with van der Waals surface area (Å²) in [4.78, 5) is 14.8. The van der Waals surface area contributed by atoms with Gasteiger partial charge in [0.05, 0.1) is 22.1 Å². The number of nitrogens with zero attached hydrogens (tertiary/aromatic N) is 2. The quantitative estimate of drug-likeness (QED) is 0.676. The molecule has 94 valence electrons. The monoisotopic (exact) mass is 266 g/mol. The van der Waals surface area contributed by atoms with Crippen LogP contribution in [0.3, 0.4) is 0 Å². The standard InChI is InChI=1S/C11H10N2O4S/c1-7(14)8-2-3-10(9(6-8)13(15)16)18-11-12-4-5-17-11/h2-7,14H,1H3. The number of benzene rings is 1. The maximum absolute atomic E-state index is 11.0. The summed E-state index contributed by atoms with van der Waals surface area (Å²) in [6.45, 7) is 1.56. The van der Waals surface area contributed by atoms with Crippen LogP contribution in [-0.2, 0) is 0 Å². The van der Waals surface area contributed by atoms with E-state index in [0.29, 0.717) is 15.7 Å². The lowest BCUT2D eigenvalue weighted by Crippen LogP contribution is -1.96. The number of rotatable bonds is 4. The molecule has 0 radical (unpaired) electrons. The van der Waals surface area contributed by atoms with E-state index >= 15 is 0 Å². The molecule has 18 heavy (non-hydrogen) atoms. The highest BCUT2D eigenvalue weighted by atomic mass is 32.2. The van der Waals surface area contributed by atoms with Gasteiger partial charge in [0.1, 0.15) is 6.26 Å². The van der Waals surface area contributed by atoms with Crippen molar-refractivity contribution in [3.63, 3.8) is 0 Å². The molecule has 0 amide bonds. The van der Waals surface area contributed by atoms with Gasteiger partial charge in [0.25, 0.3) is 10.9 Å². The molecular formula is C11H10N2O4S. The summed E-state index contributed by atoms with van der Waals surface area (Å²) in [5.74, 6) is 0. The Kier molecular flexibility index (Phi) is 3.63. The van der Waals surface area contributed by atoms with Gasteiger partial charge < -0.3 is 9.52 Å². The SMILES string of the molecule is CC(O)c1ccc(Sc2ncco2)c([N+](=O)[O-])c1. The molecule has 0 spiro atoms. The number of aliphatic hydroxyl groups excluding tert-OH is 1. The minimum atomic E-state index is -0.746. The Morgan fingerprint density at radius 3 is 2.89 bits per heavy atom. The Hall–Kier alpha value is -1.86. The lowest BCUT2D eigenvalue weighted by atomic mass is 10.1. The van der Waals surface area contributed by atoms with E-state index in [-0.39, 0.29) is 5.69 Å². The minimum absolute atomic E-state index is 0.0726. The zero-order valence-electron chi connectivity index (χ0n) is 9.44. The van der Waals surface area contributed by atoms with Gasteiger partial charge in [0.2, 0.25) is 0 Å². The molecule has 2 rings (SSSR count). The molecule has 6 nitrogen and oxygen atoms in total. The predicted octanol–water partition coefficient (Wildman–Crippen LogP) is 2.79. The Morgan fingerprint density at radius 1 is 1.56 bits per heavy atom. The molecule has 0 saturated heterocycles. The van der Waals surface area contributed by atoms with Crippen LogP contribution in [-0.4, -0.2) is 15.0 Å². The van der Waals surface area contributed by atoms with Crippen LogP contribution >= 0.6 is 11.8 Å². The van der Waals surface area contributed by atoms with Crippen LogP contribution in [0.1, 0.15) is 18.6 Å². The average Bonchev–Trinajstić information content (AvgIpc) is 2.81. The number of aliphatic hydroxyl groups is 1. The summed E-state index contributed by atoms with van der Waals surface area (Å²) in [7, 11) is 0. The summed E-state index contributed by atoms with van der Waals surface area (Å²) in [6.07, 6.45) is 2.13. The van der Waals surface area contributed by atoms with E-state index in [1.807, 2.05) is 0 Å². The molecule has 7 heteroatoms. The molecule has 0 aliphatic rings. The van der Waals surface area contributed by atoms with Gasteiger partial charge in [0.15, 0.2) is 0 Å². The zero-order valence-corrected chi connectivity index (χ0v) is 10.3. The molecule has 1 heterocycles. The van der Waals surface area contributed by atoms with Crippen LogP contribution < -0.4 is 0 Å². The Labute approximate surface area is 107 Å². The fourth-order valence-electron chi connectivity index (χ4n) is 1.38. The first-order valence-electron chi connectivity index (χ1n) is 5.11. The van der Waals surface area contributed by atoms with Gasteiger partial charge in [-0.15, -0.1) is 0 Å². The molecule has 1 aromatic carbocycles. The average molecular weight is 266 g/mol. The zero-order chi connectivity index (χ0) is 13.1. The van der Waals surface area contributed by atoms with Crippen LogP contribution in [0.25, 0.3) is 0 Å². The summed E-state index contributed by atoms with van der Waals surface area (Å²) in [6, 6.07) is 4.58. The van der Waals surface area contributed by atoms with Gasteiger partial charge >= 0.3 is 0 Å². The number of oxazole rings is 1. The molecule has 1 aromatic heterocycles. The molecule has 0 bridgehead atoms. The first kappa shape index (κ1) is 12.6. The second-order valence-electron chi connectivity index (χ2n) is 3.56. The molecule has 1 N–H and O–H groups in total. The number of nitro benzene ring substituents is 1. The number of hydrogen-bond acceptors (Lipinski definition) is 6. The molecular weight excluding hydrogens is 256 g/mol. The summed E-state index contributed by atoms with van der Waals surface area (Å²) in [5.41, 5.74) is 0.426. The van der Waals surface area contributed by atoms with Crippen molar-refractivity contribution in [1.29, 1.82) is 0 Å². The topological polar surface area (TPSA) is 89.4 Å². The van der Waals surface area contributed by atoms with E-state index in [0.717, 1.165) is 11.8 Å². The molecule has 0 aliphatic carbocycles. The van der Waals surface area contributed by atoms with Crippen molar-refractivity contribution in [2.45, 2.75) is 23.1 Å². The van der Waals surface area contributed by atoms with Gasteiger partial charge in [-0.3, -0.25) is 10.1 Å². The Morgan fingerprint density at radius 2 is 2.33 bits per heavy atom. The largest absolute Gasteiger partial charge is 0.440 e. The second-order valence-corrected chi connectivity index (χ2v) is 4.55. The maximum atomic E-state index is 11.0. The maximum Gasteiger partial charge on any atom is 0.283 e. The molecule has 2 aromatic rings. The van der Waals surface area contributed by atoms with Crippen LogP contribution in [0.2, 0.25) is 0 Å². The molecule has 1 unspecified atom stereocenters. The molecule has 0 aliphatic heterocycles. The first-order valence-corrected chi connectivity index (χ1v) is 5.93. The second kappa shape index (κ2) is 5.19. The number of aromatic nitrogens is 1. The van der Waals surface area contributed by atoms with Gasteiger partial charge in [-0.05, 0) is 30.3 Å². The number of nitro groups is 1. The molecule has 1 atom stereocenters. The Bertz CT molecular complexity index is 554. The third kappa shape index (κ3) is 2.69. The van der Waals surface area contributed by atoms with Crippen LogP contribution in [0, 0.1) is 10.1 Å². The van der Waals surface area contributed by atoms with E-state index < -0.39 is 11.0 Å². The predicted molar refractivity (Wildman–Crippen MR) is 64.4 cm³/mol. The third-order valence-electron chi connectivity index (χ3n) is 2.27. The van der Waals surface area contributed by atoms with Crippen LogP contribution in [0.4, 0.5) is 5.69 Å².